The van der Waals surface area contributed by atoms with Gasteiger partial charge in [0.05, 0.1) is 6.61 Å². The van der Waals surface area contributed by atoms with Crippen molar-refractivity contribution in [2.24, 2.45) is 5.41 Å². The zero-order chi connectivity index (χ0) is 19.4. The van der Waals surface area contributed by atoms with Gasteiger partial charge in [-0.15, -0.1) is 0 Å². The highest BCUT2D eigenvalue weighted by atomic mass is 16.6. The molecule has 1 rings (SSSR count). The summed E-state index contributed by atoms with van der Waals surface area (Å²) in [4.78, 5) is 25.4. The molecule has 0 saturated heterocycles. The topological polar surface area (TPSA) is 52.6 Å². The summed E-state index contributed by atoms with van der Waals surface area (Å²) in [5.41, 5.74) is -0.231. The molecule has 1 aromatic carbocycles. The first-order valence-electron chi connectivity index (χ1n) is 9.96. The van der Waals surface area contributed by atoms with Crippen molar-refractivity contribution in [2.75, 3.05) is 6.61 Å². The molecule has 4 nitrogen and oxygen atoms in total. The lowest BCUT2D eigenvalue weighted by molar-refractivity contribution is -0.168. The van der Waals surface area contributed by atoms with E-state index in [9.17, 15) is 9.59 Å². The molecule has 146 valence electrons. The van der Waals surface area contributed by atoms with E-state index < -0.39 is 17.4 Å². The van der Waals surface area contributed by atoms with E-state index in [2.05, 4.69) is 6.92 Å². The Kier molecular flexibility index (Phi) is 10.0. The predicted molar refractivity (Wildman–Crippen MR) is 104 cm³/mol. The Hall–Kier alpha value is -1.84. The van der Waals surface area contributed by atoms with E-state index in [1.807, 2.05) is 32.9 Å². The van der Waals surface area contributed by atoms with Crippen LogP contribution in [0, 0.1) is 12.3 Å². The van der Waals surface area contributed by atoms with Crippen molar-refractivity contribution in [2.45, 2.75) is 79.1 Å². The van der Waals surface area contributed by atoms with Crippen molar-refractivity contribution in [3.8, 4) is 5.75 Å². The predicted octanol–water partition coefficient (Wildman–Crippen LogP) is 5.61. The number of aryl methyl sites for hydroxylation is 1. The van der Waals surface area contributed by atoms with Crippen LogP contribution >= 0.6 is 0 Å². The van der Waals surface area contributed by atoms with Gasteiger partial charge in [0.2, 0.25) is 0 Å². The van der Waals surface area contributed by atoms with E-state index in [1.165, 1.54) is 19.3 Å². The maximum Gasteiger partial charge on any atom is 0.328 e. The van der Waals surface area contributed by atoms with Crippen LogP contribution in [-0.4, -0.2) is 18.5 Å². The average molecular weight is 363 g/mol. The monoisotopic (exact) mass is 362 g/mol. The minimum Gasteiger partial charge on any atom is -0.465 e. The zero-order valence-corrected chi connectivity index (χ0v) is 16.8. The zero-order valence-electron chi connectivity index (χ0n) is 16.8. The standard InChI is InChI=1S/C22H34O4/c1-5-8-9-10-11-12-16-25-20(23)22(6-2,7-3)21(24)26-19-15-13-14-18(4)17-19/h13-15,17H,5-12,16H2,1-4H3. The van der Waals surface area contributed by atoms with E-state index in [-0.39, 0.29) is 0 Å². The summed E-state index contributed by atoms with van der Waals surface area (Å²) in [5, 5.41) is 0. The van der Waals surface area contributed by atoms with Gasteiger partial charge in [-0.1, -0.05) is 65.0 Å². The van der Waals surface area contributed by atoms with Crippen molar-refractivity contribution < 1.29 is 19.1 Å². The second-order valence-corrected chi connectivity index (χ2v) is 6.90. The fraction of sp³-hybridized carbons (Fsp3) is 0.636. The number of benzene rings is 1. The van der Waals surface area contributed by atoms with Gasteiger partial charge in [-0.25, -0.2) is 0 Å². The molecule has 0 heterocycles. The highest BCUT2D eigenvalue weighted by Gasteiger charge is 2.46. The Morgan fingerprint density at radius 3 is 2.19 bits per heavy atom. The fourth-order valence-electron chi connectivity index (χ4n) is 2.98. The third kappa shape index (κ3) is 6.47. The van der Waals surface area contributed by atoms with Crippen LogP contribution in [0.4, 0.5) is 0 Å². The van der Waals surface area contributed by atoms with Gasteiger partial charge < -0.3 is 9.47 Å². The van der Waals surface area contributed by atoms with E-state index in [0.29, 0.717) is 25.2 Å². The molecule has 0 aliphatic rings. The van der Waals surface area contributed by atoms with Crippen LogP contribution < -0.4 is 4.74 Å². The molecule has 0 amide bonds. The van der Waals surface area contributed by atoms with Crippen LogP contribution in [-0.2, 0) is 14.3 Å². The van der Waals surface area contributed by atoms with Crippen LogP contribution in [0.1, 0.15) is 77.7 Å². The Morgan fingerprint density at radius 1 is 0.923 bits per heavy atom. The Balaban J connectivity index is 2.60. The Labute approximate surface area is 158 Å². The average Bonchev–Trinajstić information content (AvgIpc) is 2.62. The van der Waals surface area contributed by atoms with Gasteiger partial charge in [0, 0.05) is 0 Å². The smallest absolute Gasteiger partial charge is 0.328 e. The van der Waals surface area contributed by atoms with Gasteiger partial charge in [-0.2, -0.15) is 0 Å². The second kappa shape index (κ2) is 11.7. The van der Waals surface area contributed by atoms with Crippen LogP contribution in [0.25, 0.3) is 0 Å². The minimum absolute atomic E-state index is 0.365. The molecule has 0 aliphatic heterocycles. The number of hydrogen-bond acceptors (Lipinski definition) is 4. The highest BCUT2D eigenvalue weighted by molar-refractivity contribution is 6.00. The number of esters is 2. The third-order valence-corrected chi connectivity index (χ3v) is 4.92. The third-order valence-electron chi connectivity index (χ3n) is 4.92. The summed E-state index contributed by atoms with van der Waals surface area (Å²) in [6.45, 7) is 8.14. The first-order chi connectivity index (χ1) is 12.5. The van der Waals surface area contributed by atoms with Crippen molar-refractivity contribution >= 4 is 11.9 Å². The molecule has 4 heteroatoms. The summed E-state index contributed by atoms with van der Waals surface area (Å²) < 4.78 is 10.9. The fourth-order valence-corrected chi connectivity index (χ4v) is 2.98. The van der Waals surface area contributed by atoms with Crippen molar-refractivity contribution in [1.29, 1.82) is 0 Å². The van der Waals surface area contributed by atoms with E-state index >= 15 is 0 Å². The number of carbonyl (C=O) groups is 2. The molecule has 0 N–H and O–H groups in total. The lowest BCUT2D eigenvalue weighted by Gasteiger charge is -2.26. The maximum atomic E-state index is 12.7. The number of unbranched alkanes of at least 4 members (excludes halogenated alkanes) is 5. The van der Waals surface area contributed by atoms with Crippen molar-refractivity contribution in [3.63, 3.8) is 0 Å². The van der Waals surface area contributed by atoms with E-state index in [0.717, 1.165) is 24.8 Å². The number of ether oxygens (including phenoxy) is 2. The van der Waals surface area contributed by atoms with Gasteiger partial charge in [0.15, 0.2) is 5.41 Å². The van der Waals surface area contributed by atoms with E-state index in [1.54, 1.807) is 12.1 Å². The quantitative estimate of drug-likeness (QED) is 0.210. The lowest BCUT2D eigenvalue weighted by atomic mass is 9.82. The summed E-state index contributed by atoms with van der Waals surface area (Å²) in [5.74, 6) is -0.528. The SMILES string of the molecule is CCCCCCCCOC(=O)C(CC)(CC)C(=O)Oc1cccc(C)c1. The molecule has 1 aromatic rings. The van der Waals surface area contributed by atoms with Crippen LogP contribution in [0.15, 0.2) is 24.3 Å². The first-order valence-corrected chi connectivity index (χ1v) is 9.96. The molecule has 0 saturated carbocycles. The number of carbonyl (C=O) groups excluding carboxylic acids is 2. The molecule has 0 unspecified atom stereocenters. The van der Waals surface area contributed by atoms with Crippen molar-refractivity contribution in [3.05, 3.63) is 29.8 Å². The van der Waals surface area contributed by atoms with Gasteiger partial charge in [-0.05, 0) is 43.9 Å². The van der Waals surface area contributed by atoms with Crippen molar-refractivity contribution in [1.82, 2.24) is 0 Å². The molecule has 0 bridgehead atoms. The number of rotatable bonds is 12. The highest BCUT2D eigenvalue weighted by Crippen LogP contribution is 2.31. The van der Waals surface area contributed by atoms with Gasteiger partial charge >= 0.3 is 11.9 Å². The molecule has 0 aromatic heterocycles. The molecule has 26 heavy (non-hydrogen) atoms. The molecule has 0 aliphatic carbocycles. The molecule has 0 atom stereocenters. The summed E-state index contributed by atoms with van der Waals surface area (Å²) in [7, 11) is 0. The lowest BCUT2D eigenvalue weighted by Crippen LogP contribution is -2.42. The van der Waals surface area contributed by atoms with Gasteiger partial charge in [0.1, 0.15) is 5.75 Å². The normalized spacial score (nSPS) is 11.2. The molecular weight excluding hydrogens is 328 g/mol. The maximum absolute atomic E-state index is 12.7. The van der Waals surface area contributed by atoms with Gasteiger partial charge in [-0.3, -0.25) is 9.59 Å². The largest absolute Gasteiger partial charge is 0.465 e. The first kappa shape index (κ1) is 22.2. The Bertz CT molecular complexity index is 561. The summed E-state index contributed by atoms with van der Waals surface area (Å²) in [6, 6.07) is 7.27. The van der Waals surface area contributed by atoms with Crippen LogP contribution in [0.3, 0.4) is 0 Å². The number of hydrogen-bond donors (Lipinski definition) is 0. The molecule has 0 radical (unpaired) electrons. The molecular formula is C22H34O4. The van der Waals surface area contributed by atoms with Crippen LogP contribution in [0.5, 0.6) is 5.75 Å². The Morgan fingerprint density at radius 2 is 1.58 bits per heavy atom. The molecule has 0 fully saturated rings. The van der Waals surface area contributed by atoms with E-state index in [4.69, 9.17) is 9.47 Å². The van der Waals surface area contributed by atoms with Crippen LogP contribution in [0.2, 0.25) is 0 Å². The van der Waals surface area contributed by atoms with Gasteiger partial charge in [0.25, 0.3) is 0 Å². The summed E-state index contributed by atoms with van der Waals surface area (Å²) in [6.07, 6.45) is 7.46. The minimum atomic E-state index is -1.23. The summed E-state index contributed by atoms with van der Waals surface area (Å²) >= 11 is 0. The molecule has 0 spiro atoms. The second-order valence-electron chi connectivity index (χ2n) is 6.90.